The van der Waals surface area contributed by atoms with E-state index in [1.807, 2.05) is 0 Å². The SMILES string of the molecule is Cc1cn([C@H]2CC(O)[C@@H](C3(C)CC3)O2)c(=O)[nH]c1=O.Cc1cn([C@H]2CC(OP(OCCC#N)N(C(C)C)C(C)C)[C@@H](C3(C)CC3)O2)c(=O)[nH]c1=O. The molecular formula is C35H53N6O9P. The third kappa shape index (κ3) is 8.82. The molecule has 2 aromatic rings. The highest BCUT2D eigenvalue weighted by Crippen LogP contribution is 2.58. The highest BCUT2D eigenvalue weighted by molar-refractivity contribution is 7.44. The minimum Gasteiger partial charge on any atom is -0.390 e. The first-order valence-electron chi connectivity index (χ1n) is 17.9. The van der Waals surface area contributed by atoms with E-state index >= 15 is 0 Å². The summed E-state index contributed by atoms with van der Waals surface area (Å²) >= 11 is 0. The number of aliphatic hydroxyl groups excluding tert-OH is 1. The van der Waals surface area contributed by atoms with Gasteiger partial charge in [-0.25, -0.2) is 14.3 Å². The van der Waals surface area contributed by atoms with Crippen molar-refractivity contribution in [3.8, 4) is 6.07 Å². The molecule has 2 aliphatic heterocycles. The average molecular weight is 733 g/mol. The van der Waals surface area contributed by atoms with Crippen LogP contribution < -0.4 is 22.5 Å². The maximum Gasteiger partial charge on any atom is 0.330 e. The lowest BCUT2D eigenvalue weighted by Crippen LogP contribution is -2.37. The molecule has 2 aromatic heterocycles. The van der Waals surface area contributed by atoms with Gasteiger partial charge in [-0.15, -0.1) is 0 Å². The highest BCUT2D eigenvalue weighted by Gasteiger charge is 2.55. The number of rotatable bonds is 12. The summed E-state index contributed by atoms with van der Waals surface area (Å²) in [5.41, 5.74) is -0.798. The number of ether oxygens (including phenoxy) is 2. The van der Waals surface area contributed by atoms with Gasteiger partial charge in [0.1, 0.15) is 12.5 Å². The molecule has 4 aliphatic rings. The molecule has 51 heavy (non-hydrogen) atoms. The maximum absolute atomic E-state index is 12.5. The topological polar surface area (TPSA) is 194 Å². The van der Waals surface area contributed by atoms with Crippen molar-refractivity contribution in [3.05, 3.63) is 65.2 Å². The number of hydrogen-bond acceptors (Lipinski definition) is 11. The minimum atomic E-state index is -1.42. The number of H-pyrrole nitrogens is 2. The summed E-state index contributed by atoms with van der Waals surface area (Å²) in [4.78, 5) is 52.0. The third-order valence-electron chi connectivity index (χ3n) is 10.4. The number of nitriles is 1. The van der Waals surface area contributed by atoms with Crippen molar-refractivity contribution in [1.29, 1.82) is 5.26 Å². The standard InChI is InChI=1S/C22H35N4O5P.C13H18N2O4/c1-14(2)26(15(3)4)32(29-11-7-10-23)31-17-12-18(30-19(17)22(6)8-9-22)25-13-16(5)20(27)24-21(25)28;1-7-6-15(12(18)14-11(7)17)9-5-8(16)10(19-9)13(2)3-4-13/h13-15,17-19H,7-9,11-12H2,1-6H3,(H,24,27,28);6,8-10,16H,3-5H2,1-2H3,(H,14,17,18)/t17?,18-,19+,32?;8?,9-,10+/m11/s1. The van der Waals surface area contributed by atoms with Crippen LogP contribution in [0.15, 0.2) is 31.6 Å². The van der Waals surface area contributed by atoms with Crippen molar-refractivity contribution in [2.75, 3.05) is 6.61 Å². The molecule has 4 heterocycles. The normalized spacial score (nSPS) is 28.1. The first kappa shape index (κ1) is 39.3. The van der Waals surface area contributed by atoms with Crippen LogP contribution in [0, 0.1) is 36.0 Å². The van der Waals surface area contributed by atoms with Crippen molar-refractivity contribution in [1.82, 2.24) is 23.8 Å². The summed E-state index contributed by atoms with van der Waals surface area (Å²) in [6.07, 6.45) is 6.12. The second-order valence-electron chi connectivity index (χ2n) is 15.5. The fraction of sp³-hybridized carbons (Fsp3) is 0.743. The Morgan fingerprint density at radius 1 is 0.902 bits per heavy atom. The smallest absolute Gasteiger partial charge is 0.330 e. The van der Waals surface area contributed by atoms with Crippen LogP contribution in [0.5, 0.6) is 0 Å². The molecule has 2 aliphatic carbocycles. The van der Waals surface area contributed by atoms with Gasteiger partial charge < -0.3 is 23.6 Å². The van der Waals surface area contributed by atoms with Gasteiger partial charge in [-0.2, -0.15) is 5.26 Å². The van der Waals surface area contributed by atoms with Crippen LogP contribution in [0.4, 0.5) is 0 Å². The van der Waals surface area contributed by atoms with Gasteiger partial charge in [0, 0.05) is 48.4 Å². The second-order valence-corrected chi connectivity index (χ2v) is 16.9. The Balaban J connectivity index is 0.000000224. The number of nitrogens with one attached hydrogen (secondary N) is 2. The molecule has 0 aromatic carbocycles. The molecule has 0 bridgehead atoms. The molecule has 2 saturated heterocycles. The van der Waals surface area contributed by atoms with Crippen molar-refractivity contribution in [2.24, 2.45) is 10.8 Å². The Morgan fingerprint density at radius 3 is 1.84 bits per heavy atom. The summed E-state index contributed by atoms with van der Waals surface area (Å²) in [6, 6.07) is 2.51. The molecule has 7 atom stereocenters. The van der Waals surface area contributed by atoms with E-state index in [1.54, 1.807) is 20.0 Å². The lowest BCUT2D eigenvalue weighted by Gasteiger charge is -2.38. The zero-order chi connectivity index (χ0) is 37.4. The van der Waals surface area contributed by atoms with Crippen LogP contribution in [-0.2, 0) is 18.5 Å². The number of aryl methyl sites for hydroxylation is 2. The number of nitrogens with zero attached hydrogens (tertiary/aromatic N) is 4. The summed E-state index contributed by atoms with van der Waals surface area (Å²) < 4.78 is 30.0. The Hall–Kier alpha value is -2.96. The van der Waals surface area contributed by atoms with Crippen molar-refractivity contribution in [3.63, 3.8) is 0 Å². The molecule has 0 spiro atoms. The Morgan fingerprint density at radius 2 is 1.37 bits per heavy atom. The van der Waals surface area contributed by atoms with Gasteiger partial charge in [-0.1, -0.05) is 13.8 Å². The monoisotopic (exact) mass is 732 g/mol. The van der Waals surface area contributed by atoms with Crippen molar-refractivity contribution in [2.45, 2.75) is 149 Å². The molecular weight excluding hydrogens is 679 g/mol. The van der Waals surface area contributed by atoms with E-state index in [9.17, 15) is 24.3 Å². The molecule has 0 amide bonds. The average Bonchev–Trinajstić information content (AvgIpc) is 3.89. The Kier molecular flexibility index (Phi) is 12.0. The number of hydrogen-bond donors (Lipinski definition) is 3. The summed E-state index contributed by atoms with van der Waals surface area (Å²) in [6.45, 7) is 16.3. The molecule has 15 nitrogen and oxygen atoms in total. The highest BCUT2D eigenvalue weighted by atomic mass is 31.2. The van der Waals surface area contributed by atoms with Crippen LogP contribution in [0.3, 0.4) is 0 Å². The van der Waals surface area contributed by atoms with E-state index in [-0.39, 0.29) is 52.3 Å². The first-order chi connectivity index (χ1) is 24.0. The lowest BCUT2D eigenvalue weighted by molar-refractivity contribution is -0.0545. The summed E-state index contributed by atoms with van der Waals surface area (Å²) in [5, 5.41) is 19.1. The molecule has 6 rings (SSSR count). The largest absolute Gasteiger partial charge is 0.390 e. The van der Waals surface area contributed by atoms with Crippen LogP contribution in [0.25, 0.3) is 0 Å². The van der Waals surface area contributed by atoms with Gasteiger partial charge in [0.2, 0.25) is 0 Å². The lowest BCUT2D eigenvalue weighted by atomic mass is 9.97. The van der Waals surface area contributed by atoms with Crippen molar-refractivity contribution >= 4 is 8.53 Å². The summed E-state index contributed by atoms with van der Waals surface area (Å²) in [5.74, 6) is 0. The molecule has 16 heteroatoms. The van der Waals surface area contributed by atoms with E-state index in [2.05, 4.69) is 62.3 Å². The van der Waals surface area contributed by atoms with Gasteiger partial charge in [-0.05, 0) is 78.1 Å². The summed E-state index contributed by atoms with van der Waals surface area (Å²) in [7, 11) is -1.42. The predicted molar refractivity (Wildman–Crippen MR) is 190 cm³/mol. The van der Waals surface area contributed by atoms with Crippen LogP contribution in [0.2, 0.25) is 0 Å². The minimum absolute atomic E-state index is 0.00555. The van der Waals surface area contributed by atoms with Crippen LogP contribution >= 0.6 is 8.53 Å². The van der Waals surface area contributed by atoms with E-state index in [4.69, 9.17) is 23.8 Å². The fourth-order valence-corrected chi connectivity index (χ4v) is 8.69. The van der Waals surface area contributed by atoms with Gasteiger partial charge in [0.05, 0.1) is 43.5 Å². The zero-order valence-electron chi connectivity index (χ0n) is 30.9. The predicted octanol–water partition coefficient (Wildman–Crippen LogP) is 3.89. The van der Waals surface area contributed by atoms with Crippen LogP contribution in [-0.4, -0.2) is 72.0 Å². The second kappa shape index (κ2) is 15.6. The van der Waals surface area contributed by atoms with E-state index < -0.39 is 38.5 Å². The van der Waals surface area contributed by atoms with Gasteiger partial charge in [-0.3, -0.25) is 28.7 Å². The molecule has 3 unspecified atom stereocenters. The van der Waals surface area contributed by atoms with E-state index in [0.29, 0.717) is 37.0 Å². The first-order valence-corrected chi connectivity index (χ1v) is 19.0. The van der Waals surface area contributed by atoms with E-state index in [0.717, 1.165) is 25.7 Å². The fourth-order valence-electron chi connectivity index (χ4n) is 6.95. The van der Waals surface area contributed by atoms with Gasteiger partial charge >= 0.3 is 11.4 Å². The number of aromatic amines is 2. The van der Waals surface area contributed by atoms with Gasteiger partial charge in [0.15, 0.2) is 0 Å². The van der Waals surface area contributed by atoms with Crippen LogP contribution in [0.1, 0.15) is 110 Å². The molecule has 282 valence electrons. The third-order valence-corrected chi connectivity index (χ3v) is 12.6. The van der Waals surface area contributed by atoms with Gasteiger partial charge in [0.25, 0.3) is 19.6 Å². The Bertz CT molecular complexity index is 1810. The molecule has 3 N–H and O–H groups in total. The molecule has 0 radical (unpaired) electrons. The number of aliphatic hydroxyl groups is 1. The Labute approximate surface area is 298 Å². The maximum atomic E-state index is 12.5. The van der Waals surface area contributed by atoms with Crippen molar-refractivity contribution < 1.29 is 23.6 Å². The zero-order valence-corrected chi connectivity index (χ0v) is 31.8. The number of aromatic nitrogens is 4. The van der Waals surface area contributed by atoms with E-state index in [1.165, 1.54) is 15.3 Å². The quantitative estimate of drug-likeness (QED) is 0.212. The molecule has 2 saturated carbocycles. The molecule has 4 fully saturated rings.